The molecule has 5 heteroatoms. The van der Waals surface area contributed by atoms with Crippen LogP contribution in [0.3, 0.4) is 0 Å². The van der Waals surface area contributed by atoms with Gasteiger partial charge in [0.25, 0.3) is 0 Å². The molecule has 2 nitrogen and oxygen atoms in total. The molecular formula is C13H11Cl2FN2. The second-order valence-electron chi connectivity index (χ2n) is 3.79. The largest absolute Gasteiger partial charge is 0.364 e. The number of nitrogens with one attached hydrogen (secondary N) is 1. The Kier molecular flexibility index (Phi) is 4.39. The molecule has 0 aliphatic rings. The van der Waals surface area contributed by atoms with Crippen LogP contribution in [-0.4, -0.2) is 4.98 Å². The summed E-state index contributed by atoms with van der Waals surface area (Å²) in [7, 11) is 0. The predicted octanol–water partition coefficient (Wildman–Crippen LogP) is 4.23. The van der Waals surface area contributed by atoms with E-state index in [4.69, 9.17) is 23.2 Å². The summed E-state index contributed by atoms with van der Waals surface area (Å²) in [5.41, 5.74) is 2.05. The van der Waals surface area contributed by atoms with Crippen molar-refractivity contribution in [3.8, 4) is 0 Å². The van der Waals surface area contributed by atoms with Crippen LogP contribution in [0.15, 0.2) is 36.5 Å². The second kappa shape index (κ2) is 6.03. The zero-order valence-corrected chi connectivity index (χ0v) is 11.0. The lowest BCUT2D eigenvalue weighted by atomic mass is 10.1. The van der Waals surface area contributed by atoms with Crippen molar-refractivity contribution >= 4 is 29.0 Å². The lowest BCUT2D eigenvalue weighted by molar-refractivity contribution is 0.624. The van der Waals surface area contributed by atoms with Crippen molar-refractivity contribution in [1.82, 2.24) is 4.98 Å². The zero-order chi connectivity index (χ0) is 13.0. The Labute approximate surface area is 115 Å². The molecular weight excluding hydrogens is 274 g/mol. The first kappa shape index (κ1) is 13.1. The monoisotopic (exact) mass is 284 g/mol. The van der Waals surface area contributed by atoms with Crippen LogP contribution in [-0.2, 0) is 12.4 Å². The smallest absolute Gasteiger partial charge is 0.166 e. The van der Waals surface area contributed by atoms with Crippen molar-refractivity contribution in [3.63, 3.8) is 0 Å². The lowest BCUT2D eigenvalue weighted by Crippen LogP contribution is -2.03. The van der Waals surface area contributed by atoms with E-state index in [2.05, 4.69) is 10.3 Å². The third kappa shape index (κ3) is 3.34. The number of rotatable bonds is 4. The molecule has 1 heterocycles. The molecule has 94 valence electrons. The fourth-order valence-corrected chi connectivity index (χ4v) is 1.86. The molecule has 1 N–H and O–H groups in total. The van der Waals surface area contributed by atoms with Gasteiger partial charge in [-0.2, -0.15) is 0 Å². The molecule has 0 saturated heterocycles. The molecule has 0 aliphatic carbocycles. The first-order valence-corrected chi connectivity index (χ1v) is 6.29. The molecule has 0 aliphatic heterocycles. The molecule has 0 spiro atoms. The highest BCUT2D eigenvalue weighted by atomic mass is 35.5. The summed E-state index contributed by atoms with van der Waals surface area (Å²) < 4.78 is 13.5. The van der Waals surface area contributed by atoms with Gasteiger partial charge in [0.2, 0.25) is 0 Å². The summed E-state index contributed by atoms with van der Waals surface area (Å²) in [6, 6.07) is 8.99. The first-order valence-electron chi connectivity index (χ1n) is 5.38. The molecule has 0 amide bonds. The summed E-state index contributed by atoms with van der Waals surface area (Å²) in [5, 5.41) is 3.20. The molecule has 0 bridgehead atoms. The number of hydrogen-bond donors (Lipinski definition) is 1. The normalized spacial score (nSPS) is 10.4. The van der Waals surface area contributed by atoms with Crippen molar-refractivity contribution in [3.05, 3.63) is 58.5 Å². The van der Waals surface area contributed by atoms with Crippen LogP contribution in [0.1, 0.15) is 11.1 Å². The molecule has 0 radical (unpaired) electrons. The van der Waals surface area contributed by atoms with Crippen molar-refractivity contribution in [2.24, 2.45) is 0 Å². The quantitative estimate of drug-likeness (QED) is 0.850. The number of aromatic nitrogens is 1. The topological polar surface area (TPSA) is 24.9 Å². The summed E-state index contributed by atoms with van der Waals surface area (Å²) in [4.78, 5) is 3.89. The van der Waals surface area contributed by atoms with Crippen LogP contribution in [0, 0.1) is 5.82 Å². The summed E-state index contributed by atoms with van der Waals surface area (Å²) in [6.07, 6.45) is 1.40. The highest BCUT2D eigenvalue weighted by Crippen LogP contribution is 2.16. The van der Waals surface area contributed by atoms with Crippen LogP contribution in [0.25, 0.3) is 0 Å². The average Bonchev–Trinajstić information content (AvgIpc) is 2.38. The van der Waals surface area contributed by atoms with Gasteiger partial charge in [-0.3, -0.25) is 0 Å². The van der Waals surface area contributed by atoms with Gasteiger partial charge in [-0.25, -0.2) is 9.37 Å². The lowest BCUT2D eigenvalue weighted by Gasteiger charge is -2.07. The third-order valence-corrected chi connectivity index (χ3v) is 2.93. The molecule has 2 aromatic rings. The zero-order valence-electron chi connectivity index (χ0n) is 9.46. The minimum atomic E-state index is -0.462. The van der Waals surface area contributed by atoms with Gasteiger partial charge in [-0.1, -0.05) is 35.9 Å². The average molecular weight is 285 g/mol. The van der Waals surface area contributed by atoms with Gasteiger partial charge in [-0.05, 0) is 17.2 Å². The molecule has 0 atom stereocenters. The molecule has 0 unspecified atom stereocenters. The Bertz CT molecular complexity index is 546. The van der Waals surface area contributed by atoms with Crippen LogP contribution >= 0.6 is 23.2 Å². The maximum atomic E-state index is 13.5. The number of alkyl halides is 1. The first-order chi connectivity index (χ1) is 8.69. The summed E-state index contributed by atoms with van der Waals surface area (Å²) in [6.45, 7) is 0.482. The van der Waals surface area contributed by atoms with Crippen molar-refractivity contribution in [1.29, 1.82) is 0 Å². The van der Waals surface area contributed by atoms with E-state index in [1.807, 2.05) is 24.3 Å². The molecule has 2 rings (SSSR count). The van der Waals surface area contributed by atoms with Crippen LogP contribution in [0.5, 0.6) is 0 Å². The minimum Gasteiger partial charge on any atom is -0.364 e. The number of benzene rings is 1. The van der Waals surface area contributed by atoms with E-state index >= 15 is 0 Å². The number of hydrogen-bond acceptors (Lipinski definition) is 2. The molecule has 0 saturated carbocycles. The van der Waals surface area contributed by atoms with E-state index in [-0.39, 0.29) is 10.8 Å². The van der Waals surface area contributed by atoms with Crippen molar-refractivity contribution in [2.45, 2.75) is 12.4 Å². The Balaban J connectivity index is 2.06. The third-order valence-electron chi connectivity index (χ3n) is 2.41. The van der Waals surface area contributed by atoms with E-state index in [1.165, 1.54) is 12.3 Å². The van der Waals surface area contributed by atoms with Gasteiger partial charge in [-0.15, -0.1) is 11.6 Å². The van der Waals surface area contributed by atoms with Crippen molar-refractivity contribution in [2.75, 3.05) is 5.32 Å². The highest BCUT2D eigenvalue weighted by Gasteiger charge is 2.04. The predicted molar refractivity (Wildman–Crippen MR) is 72.5 cm³/mol. The van der Waals surface area contributed by atoms with E-state index in [0.29, 0.717) is 12.4 Å². The Morgan fingerprint density at radius 3 is 2.72 bits per heavy atom. The van der Waals surface area contributed by atoms with Gasteiger partial charge in [0, 0.05) is 18.6 Å². The number of halogens is 3. The van der Waals surface area contributed by atoms with Gasteiger partial charge in [0.05, 0.1) is 5.02 Å². The Hall–Kier alpha value is -1.32. The molecule has 1 aromatic heterocycles. The highest BCUT2D eigenvalue weighted by molar-refractivity contribution is 6.30. The fourth-order valence-electron chi connectivity index (χ4n) is 1.55. The van der Waals surface area contributed by atoms with E-state index < -0.39 is 5.82 Å². The second-order valence-corrected chi connectivity index (χ2v) is 4.49. The SMILES string of the molecule is Fc1cc(Cl)cnc1NCc1cccc(CCl)c1. The van der Waals surface area contributed by atoms with Gasteiger partial charge in [0.15, 0.2) is 11.6 Å². The summed E-state index contributed by atoms with van der Waals surface area (Å²) >= 11 is 11.4. The standard InChI is InChI=1S/C13H11Cl2FN2/c14-6-9-2-1-3-10(4-9)7-17-13-12(16)5-11(15)8-18-13/h1-5,8H,6-7H2,(H,17,18). The minimum absolute atomic E-state index is 0.190. The maximum Gasteiger partial charge on any atom is 0.166 e. The number of nitrogens with zero attached hydrogens (tertiary/aromatic N) is 1. The van der Waals surface area contributed by atoms with Gasteiger partial charge >= 0.3 is 0 Å². The maximum absolute atomic E-state index is 13.5. The fraction of sp³-hybridized carbons (Fsp3) is 0.154. The Morgan fingerprint density at radius 1 is 1.22 bits per heavy atom. The van der Waals surface area contributed by atoms with E-state index in [9.17, 15) is 4.39 Å². The number of pyridine rings is 1. The van der Waals surface area contributed by atoms with Gasteiger partial charge < -0.3 is 5.32 Å². The van der Waals surface area contributed by atoms with Gasteiger partial charge in [0.1, 0.15) is 0 Å². The van der Waals surface area contributed by atoms with Crippen molar-refractivity contribution < 1.29 is 4.39 Å². The molecule has 18 heavy (non-hydrogen) atoms. The van der Waals surface area contributed by atoms with Crippen LogP contribution in [0.4, 0.5) is 10.2 Å². The summed E-state index contributed by atoms with van der Waals surface area (Å²) in [5.74, 6) is 0.188. The number of anilines is 1. The van der Waals surface area contributed by atoms with E-state index in [1.54, 1.807) is 0 Å². The molecule has 0 fully saturated rings. The molecule has 1 aromatic carbocycles. The van der Waals surface area contributed by atoms with Crippen LogP contribution < -0.4 is 5.32 Å². The van der Waals surface area contributed by atoms with Crippen LogP contribution in [0.2, 0.25) is 5.02 Å². The van der Waals surface area contributed by atoms with E-state index in [0.717, 1.165) is 11.1 Å². The Morgan fingerprint density at radius 2 is 2.00 bits per heavy atom.